The van der Waals surface area contributed by atoms with Gasteiger partial charge in [0.25, 0.3) is 0 Å². The van der Waals surface area contributed by atoms with Crippen molar-refractivity contribution in [2.24, 2.45) is 5.92 Å². The summed E-state index contributed by atoms with van der Waals surface area (Å²) in [6.07, 6.45) is 26.3. The van der Waals surface area contributed by atoms with Crippen molar-refractivity contribution in [3.05, 3.63) is 191 Å². The normalized spacial score (nSPS) is 24.8. The van der Waals surface area contributed by atoms with Crippen LogP contribution in [0.3, 0.4) is 0 Å². The largest absolute Gasteiger partial charge is 0.338 e. The molecule has 0 N–H and O–H groups in total. The molecule has 4 unspecified atom stereocenters. The molecule has 2 heteroatoms. The summed E-state index contributed by atoms with van der Waals surface area (Å²) >= 11 is 2.03. The first-order valence-electron chi connectivity index (χ1n) is 18.5. The molecular formula is C48H41NS. The SMILES string of the molecule is C1=CC2Sc3ccccc3C2C(C2=CC(c3cccc(C4=CC5CC(C4)C4=C(CCC=C4)N5c4ccc(-c5ccccc5)cc4)c3)=CCC2)=C1. The molecule has 0 spiro atoms. The number of fused-ring (bicyclic) bond motifs is 6. The molecule has 4 atom stereocenters. The zero-order valence-corrected chi connectivity index (χ0v) is 29.2. The Bertz CT molecular complexity index is 2210. The predicted octanol–water partition coefficient (Wildman–Crippen LogP) is 12.5. The molecule has 2 heterocycles. The van der Waals surface area contributed by atoms with E-state index < -0.39 is 0 Å². The molecule has 0 amide bonds. The van der Waals surface area contributed by atoms with Crippen LogP contribution < -0.4 is 4.90 Å². The Morgan fingerprint density at radius 1 is 0.720 bits per heavy atom. The van der Waals surface area contributed by atoms with E-state index in [9.17, 15) is 0 Å². The molecule has 10 rings (SSSR count). The van der Waals surface area contributed by atoms with Gasteiger partial charge in [0.1, 0.15) is 0 Å². The minimum absolute atomic E-state index is 0.368. The zero-order valence-electron chi connectivity index (χ0n) is 28.3. The van der Waals surface area contributed by atoms with Crippen LogP contribution >= 0.6 is 11.8 Å². The summed E-state index contributed by atoms with van der Waals surface area (Å²) < 4.78 is 0. The molecule has 2 aliphatic heterocycles. The third kappa shape index (κ3) is 5.24. The highest BCUT2D eigenvalue weighted by Crippen LogP contribution is 2.53. The number of hydrogen-bond acceptors (Lipinski definition) is 2. The maximum Gasteiger partial charge on any atom is 0.0531 e. The maximum atomic E-state index is 2.67. The fraction of sp³-hybridized carbons (Fsp3) is 0.208. The molecular weight excluding hydrogens is 623 g/mol. The Labute approximate surface area is 300 Å². The van der Waals surface area contributed by atoms with Crippen LogP contribution in [-0.4, -0.2) is 11.3 Å². The fourth-order valence-corrected chi connectivity index (χ4v) is 10.8. The van der Waals surface area contributed by atoms with Gasteiger partial charge in [0.2, 0.25) is 0 Å². The first-order chi connectivity index (χ1) is 24.8. The van der Waals surface area contributed by atoms with E-state index in [2.05, 4.69) is 157 Å². The standard InChI is InChI=1S/C48H41NS/c1-2-11-32(12-3-1)33-23-25-40(26-24-33)49-41-30-38(29-39(31-41)42-17-4-6-20-45(42)49)36-15-8-13-34(27-36)35-14-9-16-37(28-35)43-19-10-22-47-48(43)44-18-5-7-21-46(44)50-47/h1-5,7-8,10-15,17-19,21-28,30,39,41,47-48H,6,9,16,20,29,31H2. The molecule has 1 nitrogen and oxygen atoms in total. The molecule has 0 fully saturated rings. The highest BCUT2D eigenvalue weighted by atomic mass is 32.2. The molecule has 4 aromatic carbocycles. The molecule has 0 aromatic heterocycles. The topological polar surface area (TPSA) is 3.24 Å². The number of nitrogens with zero attached hydrogens (tertiary/aromatic N) is 1. The van der Waals surface area contributed by atoms with E-state index in [4.69, 9.17) is 0 Å². The highest BCUT2D eigenvalue weighted by Gasteiger charge is 2.38. The first-order valence-corrected chi connectivity index (χ1v) is 19.4. The van der Waals surface area contributed by atoms with Crippen molar-refractivity contribution in [1.29, 1.82) is 0 Å². The lowest BCUT2D eigenvalue weighted by atomic mass is 9.73. The Morgan fingerprint density at radius 2 is 1.54 bits per heavy atom. The van der Waals surface area contributed by atoms with E-state index in [1.54, 1.807) is 5.57 Å². The first kappa shape index (κ1) is 30.1. The predicted molar refractivity (Wildman–Crippen MR) is 212 cm³/mol. The van der Waals surface area contributed by atoms with Gasteiger partial charge in [-0.05, 0) is 124 Å². The van der Waals surface area contributed by atoms with Gasteiger partial charge in [-0.1, -0.05) is 127 Å². The van der Waals surface area contributed by atoms with Crippen LogP contribution in [0.1, 0.15) is 61.1 Å². The second kappa shape index (κ2) is 12.5. The summed E-state index contributed by atoms with van der Waals surface area (Å²) in [6, 6.07) is 38.9. The minimum Gasteiger partial charge on any atom is -0.338 e. The molecule has 244 valence electrons. The summed E-state index contributed by atoms with van der Waals surface area (Å²) in [4.78, 5) is 4.12. The lowest BCUT2D eigenvalue weighted by molar-refractivity contribution is 0.469. The van der Waals surface area contributed by atoms with Gasteiger partial charge in [0, 0.05) is 27.4 Å². The van der Waals surface area contributed by atoms with Crippen LogP contribution in [-0.2, 0) is 0 Å². The van der Waals surface area contributed by atoms with Crippen molar-refractivity contribution in [2.75, 3.05) is 4.90 Å². The van der Waals surface area contributed by atoms with Gasteiger partial charge in [0.15, 0.2) is 0 Å². The van der Waals surface area contributed by atoms with Gasteiger partial charge in [-0.15, -0.1) is 11.8 Å². The van der Waals surface area contributed by atoms with Gasteiger partial charge in [0.05, 0.1) is 6.04 Å². The molecule has 0 saturated heterocycles. The number of rotatable bonds is 5. The van der Waals surface area contributed by atoms with Crippen LogP contribution in [0.2, 0.25) is 0 Å². The molecule has 4 aliphatic carbocycles. The van der Waals surface area contributed by atoms with Crippen molar-refractivity contribution < 1.29 is 0 Å². The van der Waals surface area contributed by atoms with Gasteiger partial charge in [-0.25, -0.2) is 0 Å². The highest BCUT2D eigenvalue weighted by molar-refractivity contribution is 8.00. The van der Waals surface area contributed by atoms with Crippen molar-refractivity contribution >= 4 is 28.6 Å². The molecule has 50 heavy (non-hydrogen) atoms. The van der Waals surface area contributed by atoms with E-state index in [1.165, 1.54) is 72.8 Å². The summed E-state index contributed by atoms with van der Waals surface area (Å²) in [6.45, 7) is 0. The maximum absolute atomic E-state index is 2.67. The number of benzene rings is 4. The lowest BCUT2D eigenvalue weighted by Gasteiger charge is -2.46. The Hall–Kier alpha value is -4.79. The Balaban J connectivity index is 0.962. The Morgan fingerprint density at radius 3 is 2.46 bits per heavy atom. The molecule has 0 saturated carbocycles. The van der Waals surface area contributed by atoms with Crippen LogP contribution in [0.5, 0.6) is 0 Å². The van der Waals surface area contributed by atoms with Crippen molar-refractivity contribution in [3.8, 4) is 11.1 Å². The smallest absolute Gasteiger partial charge is 0.0531 e. The number of allylic oxidation sites excluding steroid dienone is 12. The lowest BCUT2D eigenvalue weighted by Crippen LogP contribution is -2.43. The van der Waals surface area contributed by atoms with Crippen molar-refractivity contribution in [2.45, 2.75) is 60.6 Å². The van der Waals surface area contributed by atoms with Crippen molar-refractivity contribution in [3.63, 3.8) is 0 Å². The van der Waals surface area contributed by atoms with Crippen LogP contribution in [0.4, 0.5) is 5.69 Å². The van der Waals surface area contributed by atoms with Gasteiger partial charge in [-0.3, -0.25) is 0 Å². The second-order valence-electron chi connectivity index (χ2n) is 14.6. The van der Waals surface area contributed by atoms with Crippen LogP contribution in [0.15, 0.2) is 179 Å². The quantitative estimate of drug-likeness (QED) is 0.209. The van der Waals surface area contributed by atoms with Crippen molar-refractivity contribution in [1.82, 2.24) is 0 Å². The van der Waals surface area contributed by atoms with E-state index in [0.717, 1.165) is 32.1 Å². The number of hydrogen-bond donors (Lipinski definition) is 0. The number of thioether (sulfide) groups is 1. The molecule has 6 aliphatic rings. The summed E-state index contributed by atoms with van der Waals surface area (Å²) in [5.41, 5.74) is 17.1. The van der Waals surface area contributed by atoms with E-state index >= 15 is 0 Å². The average Bonchev–Trinajstić information content (AvgIpc) is 3.58. The minimum atomic E-state index is 0.368. The third-order valence-corrected chi connectivity index (χ3v) is 13.0. The van der Waals surface area contributed by atoms with Gasteiger partial charge in [-0.2, -0.15) is 0 Å². The number of anilines is 1. The Kier molecular flexibility index (Phi) is 7.53. The summed E-state index contributed by atoms with van der Waals surface area (Å²) in [7, 11) is 0. The van der Waals surface area contributed by atoms with E-state index in [1.807, 2.05) is 11.8 Å². The van der Waals surface area contributed by atoms with Gasteiger partial charge < -0.3 is 4.90 Å². The molecule has 2 bridgehead atoms. The van der Waals surface area contributed by atoms with E-state index in [-0.39, 0.29) is 0 Å². The van der Waals surface area contributed by atoms with Crippen LogP contribution in [0.25, 0.3) is 22.3 Å². The summed E-state index contributed by atoms with van der Waals surface area (Å²) in [5, 5.41) is 0.500. The molecule has 0 radical (unpaired) electrons. The summed E-state index contributed by atoms with van der Waals surface area (Å²) in [5.74, 6) is 1.03. The third-order valence-electron chi connectivity index (χ3n) is 11.7. The zero-order chi connectivity index (χ0) is 33.0. The monoisotopic (exact) mass is 663 g/mol. The molecule has 4 aromatic rings. The van der Waals surface area contributed by atoms with E-state index in [0.29, 0.717) is 23.1 Å². The average molecular weight is 664 g/mol. The van der Waals surface area contributed by atoms with Gasteiger partial charge >= 0.3 is 0 Å². The van der Waals surface area contributed by atoms with Crippen LogP contribution in [0, 0.1) is 5.92 Å². The fourth-order valence-electron chi connectivity index (χ4n) is 9.37. The second-order valence-corrected chi connectivity index (χ2v) is 15.8.